The molecule has 0 aliphatic heterocycles. The summed E-state index contributed by atoms with van der Waals surface area (Å²) in [5.41, 5.74) is 5.61. The van der Waals surface area contributed by atoms with Gasteiger partial charge in [0.05, 0.1) is 23.3 Å². The molecule has 166 valence electrons. The first-order valence-electron chi connectivity index (χ1n) is 11.0. The molecule has 0 aliphatic carbocycles. The molecule has 0 spiro atoms. The van der Waals surface area contributed by atoms with E-state index in [0.717, 1.165) is 34.4 Å². The second-order valence-electron chi connectivity index (χ2n) is 8.08. The van der Waals surface area contributed by atoms with Crippen LogP contribution in [0.15, 0.2) is 59.4 Å². The summed E-state index contributed by atoms with van der Waals surface area (Å²) in [7, 11) is 0. The molecule has 7 nitrogen and oxygen atoms in total. The van der Waals surface area contributed by atoms with Gasteiger partial charge in [-0.2, -0.15) is 5.10 Å². The largest absolute Gasteiger partial charge is 0.350 e. The molecular formula is C25H29N5O2. The molecule has 2 heterocycles. The van der Waals surface area contributed by atoms with Crippen LogP contribution in [-0.4, -0.2) is 24.8 Å². The lowest BCUT2D eigenvalue weighted by Crippen LogP contribution is -2.33. The Balaban J connectivity index is 1.49. The van der Waals surface area contributed by atoms with Gasteiger partial charge in [0.1, 0.15) is 6.54 Å². The van der Waals surface area contributed by atoms with E-state index in [4.69, 9.17) is 0 Å². The van der Waals surface area contributed by atoms with E-state index in [2.05, 4.69) is 22.5 Å². The number of carbonyl (C=O) groups is 1. The maximum Gasteiger partial charge on any atom is 0.329 e. The number of hydrogen-bond donors (Lipinski definition) is 1. The molecule has 32 heavy (non-hydrogen) atoms. The predicted octanol–water partition coefficient (Wildman–Crippen LogP) is 3.39. The van der Waals surface area contributed by atoms with E-state index in [9.17, 15) is 9.59 Å². The van der Waals surface area contributed by atoms with Gasteiger partial charge in [-0.3, -0.25) is 18.6 Å². The molecule has 0 radical (unpaired) electrons. The van der Waals surface area contributed by atoms with Gasteiger partial charge in [0.15, 0.2) is 0 Å². The first kappa shape index (κ1) is 21.6. The van der Waals surface area contributed by atoms with Gasteiger partial charge in [-0.25, -0.2) is 4.79 Å². The maximum atomic E-state index is 12.9. The maximum absolute atomic E-state index is 12.9. The Morgan fingerprint density at radius 1 is 0.969 bits per heavy atom. The summed E-state index contributed by atoms with van der Waals surface area (Å²) in [4.78, 5) is 25.7. The van der Waals surface area contributed by atoms with Crippen LogP contribution in [0, 0.1) is 13.8 Å². The smallest absolute Gasteiger partial charge is 0.329 e. The summed E-state index contributed by atoms with van der Waals surface area (Å²) < 4.78 is 5.26. The van der Waals surface area contributed by atoms with Crippen molar-refractivity contribution in [1.29, 1.82) is 0 Å². The third kappa shape index (κ3) is 4.23. The standard InChI is InChI=1S/C25H29N5O2/c1-4-14-28-22-12-8-9-13-23(22)29(25(28)32)17-24(31)26-15-21-18(2)27-30(19(21)3)16-20-10-6-5-7-11-20/h5-13H,4,14-17H2,1-3H3,(H,26,31). The van der Waals surface area contributed by atoms with Crippen LogP contribution in [-0.2, 0) is 31.0 Å². The topological polar surface area (TPSA) is 73.8 Å². The Labute approximate surface area is 187 Å². The molecule has 0 saturated heterocycles. The number of para-hydroxylation sites is 2. The summed E-state index contributed by atoms with van der Waals surface area (Å²) in [5.74, 6) is -0.193. The van der Waals surface area contributed by atoms with Crippen LogP contribution in [0.1, 0.15) is 35.9 Å². The van der Waals surface area contributed by atoms with Gasteiger partial charge in [0, 0.05) is 24.3 Å². The Morgan fingerprint density at radius 2 is 1.62 bits per heavy atom. The summed E-state index contributed by atoms with van der Waals surface area (Å²) in [5, 5.41) is 7.63. The molecule has 2 aromatic carbocycles. The average Bonchev–Trinajstić information content (AvgIpc) is 3.21. The molecule has 7 heteroatoms. The first-order chi connectivity index (χ1) is 15.5. The van der Waals surface area contributed by atoms with Crippen LogP contribution >= 0.6 is 0 Å². The summed E-state index contributed by atoms with van der Waals surface area (Å²) in [6.07, 6.45) is 0.853. The van der Waals surface area contributed by atoms with Crippen molar-refractivity contribution < 1.29 is 4.79 Å². The fourth-order valence-electron chi connectivity index (χ4n) is 4.15. The number of carbonyl (C=O) groups excluding carboxylic acids is 1. The zero-order valence-electron chi connectivity index (χ0n) is 18.8. The highest BCUT2D eigenvalue weighted by molar-refractivity contribution is 5.81. The van der Waals surface area contributed by atoms with Gasteiger partial charge in [0.25, 0.3) is 0 Å². The zero-order chi connectivity index (χ0) is 22.7. The van der Waals surface area contributed by atoms with Gasteiger partial charge in [-0.15, -0.1) is 0 Å². The SMILES string of the molecule is CCCn1c(=O)n(CC(=O)NCc2c(C)nn(Cc3ccccc3)c2C)c2ccccc21. The van der Waals surface area contributed by atoms with Crippen molar-refractivity contribution in [2.75, 3.05) is 0 Å². The number of nitrogens with one attached hydrogen (secondary N) is 1. The van der Waals surface area contributed by atoms with E-state index >= 15 is 0 Å². The molecule has 0 fully saturated rings. The lowest BCUT2D eigenvalue weighted by Gasteiger charge is -2.08. The predicted molar refractivity (Wildman–Crippen MR) is 126 cm³/mol. The number of rotatable bonds is 8. The number of imidazole rings is 1. The van der Waals surface area contributed by atoms with Crippen molar-refractivity contribution in [2.45, 2.75) is 53.4 Å². The summed E-state index contributed by atoms with van der Waals surface area (Å²) in [6.45, 7) is 7.71. The second kappa shape index (κ2) is 9.26. The number of aryl methyl sites for hydroxylation is 2. The van der Waals surface area contributed by atoms with Crippen molar-refractivity contribution >= 4 is 16.9 Å². The zero-order valence-corrected chi connectivity index (χ0v) is 18.8. The van der Waals surface area contributed by atoms with Gasteiger partial charge < -0.3 is 5.32 Å². The fourth-order valence-corrected chi connectivity index (χ4v) is 4.15. The van der Waals surface area contributed by atoms with Crippen molar-refractivity contribution in [3.8, 4) is 0 Å². The highest BCUT2D eigenvalue weighted by Gasteiger charge is 2.16. The van der Waals surface area contributed by atoms with Crippen LogP contribution < -0.4 is 11.0 Å². The Morgan fingerprint density at radius 3 is 2.31 bits per heavy atom. The number of fused-ring (bicyclic) bond motifs is 1. The molecule has 0 unspecified atom stereocenters. The Hall–Kier alpha value is -3.61. The minimum Gasteiger partial charge on any atom is -0.350 e. The van der Waals surface area contributed by atoms with E-state index in [0.29, 0.717) is 19.6 Å². The number of nitrogens with zero attached hydrogens (tertiary/aromatic N) is 4. The normalized spacial score (nSPS) is 11.2. The van der Waals surface area contributed by atoms with Crippen LogP contribution in [0.25, 0.3) is 11.0 Å². The average molecular weight is 432 g/mol. The molecule has 0 bridgehead atoms. The minimum absolute atomic E-state index is 0.00763. The lowest BCUT2D eigenvalue weighted by atomic mass is 10.2. The molecule has 0 saturated carbocycles. The Bertz CT molecular complexity index is 1300. The number of hydrogen-bond acceptors (Lipinski definition) is 3. The van der Waals surface area contributed by atoms with Crippen LogP contribution in [0.5, 0.6) is 0 Å². The number of amides is 1. The van der Waals surface area contributed by atoms with E-state index in [-0.39, 0.29) is 18.1 Å². The van der Waals surface area contributed by atoms with E-state index < -0.39 is 0 Å². The van der Waals surface area contributed by atoms with Crippen molar-refractivity contribution in [1.82, 2.24) is 24.2 Å². The highest BCUT2D eigenvalue weighted by atomic mass is 16.2. The van der Waals surface area contributed by atoms with Gasteiger partial charge >= 0.3 is 5.69 Å². The van der Waals surface area contributed by atoms with Crippen molar-refractivity contribution in [3.05, 3.63) is 87.6 Å². The Kier molecular flexibility index (Phi) is 6.25. The minimum atomic E-state index is -0.193. The fraction of sp³-hybridized carbons (Fsp3) is 0.320. The van der Waals surface area contributed by atoms with Crippen LogP contribution in [0.3, 0.4) is 0 Å². The molecule has 1 amide bonds. The first-order valence-corrected chi connectivity index (χ1v) is 11.0. The molecule has 1 N–H and O–H groups in total. The molecule has 0 aliphatic rings. The highest BCUT2D eigenvalue weighted by Crippen LogP contribution is 2.16. The van der Waals surface area contributed by atoms with Crippen molar-refractivity contribution in [3.63, 3.8) is 0 Å². The number of aromatic nitrogens is 4. The van der Waals surface area contributed by atoms with Gasteiger partial charge in [0.2, 0.25) is 5.91 Å². The van der Waals surface area contributed by atoms with Gasteiger partial charge in [-0.1, -0.05) is 49.4 Å². The molecule has 2 aromatic heterocycles. The molecular weight excluding hydrogens is 402 g/mol. The molecule has 4 aromatic rings. The monoisotopic (exact) mass is 431 g/mol. The summed E-state index contributed by atoms with van der Waals surface area (Å²) in [6, 6.07) is 17.8. The third-order valence-electron chi connectivity index (χ3n) is 5.84. The molecule has 4 rings (SSSR count). The third-order valence-corrected chi connectivity index (χ3v) is 5.84. The van der Waals surface area contributed by atoms with Gasteiger partial charge in [-0.05, 0) is 38.0 Å². The van der Waals surface area contributed by atoms with E-state index in [1.807, 2.05) is 67.9 Å². The van der Waals surface area contributed by atoms with E-state index in [1.165, 1.54) is 5.56 Å². The number of benzene rings is 2. The van der Waals surface area contributed by atoms with Crippen molar-refractivity contribution in [2.24, 2.45) is 0 Å². The van der Waals surface area contributed by atoms with Crippen LogP contribution in [0.2, 0.25) is 0 Å². The second-order valence-corrected chi connectivity index (χ2v) is 8.08. The molecule has 0 atom stereocenters. The van der Waals surface area contributed by atoms with E-state index in [1.54, 1.807) is 9.13 Å². The quantitative estimate of drug-likeness (QED) is 0.465. The van der Waals surface area contributed by atoms with Crippen LogP contribution in [0.4, 0.5) is 0 Å². The lowest BCUT2D eigenvalue weighted by molar-refractivity contribution is -0.121. The summed E-state index contributed by atoms with van der Waals surface area (Å²) >= 11 is 0.